The van der Waals surface area contributed by atoms with E-state index in [1.807, 2.05) is 39.0 Å². The lowest BCUT2D eigenvalue weighted by Gasteiger charge is -2.21. The second-order valence-corrected chi connectivity index (χ2v) is 5.68. The number of carbonyl (C=O) groups excluding carboxylic acids is 1. The third-order valence-electron chi connectivity index (χ3n) is 2.79. The molecule has 1 unspecified atom stereocenters. The average molecular weight is 248 g/mol. The smallest absolute Gasteiger partial charge is 0.220 e. The van der Waals surface area contributed by atoms with E-state index in [9.17, 15) is 4.79 Å². The van der Waals surface area contributed by atoms with Crippen LogP contribution >= 0.6 is 0 Å². The fourth-order valence-corrected chi connectivity index (χ4v) is 1.93. The number of nitrogens with two attached hydrogens (primary N) is 1. The highest BCUT2D eigenvalue weighted by Crippen LogP contribution is 2.19. The van der Waals surface area contributed by atoms with Crippen molar-refractivity contribution in [1.29, 1.82) is 0 Å². The van der Waals surface area contributed by atoms with Gasteiger partial charge in [-0.15, -0.1) is 0 Å². The maximum absolute atomic E-state index is 11.8. The summed E-state index contributed by atoms with van der Waals surface area (Å²) in [5, 5.41) is 2.97. The van der Waals surface area contributed by atoms with E-state index in [0.29, 0.717) is 13.0 Å². The Morgan fingerprint density at radius 1 is 1.28 bits per heavy atom. The summed E-state index contributed by atoms with van der Waals surface area (Å²) in [5.41, 5.74) is 6.83. The van der Waals surface area contributed by atoms with Crippen LogP contribution in [-0.4, -0.2) is 18.0 Å². The van der Waals surface area contributed by atoms with Crippen LogP contribution in [0.25, 0.3) is 0 Å². The highest BCUT2D eigenvalue weighted by molar-refractivity contribution is 5.76. The molecule has 3 N–H and O–H groups in total. The van der Waals surface area contributed by atoms with E-state index >= 15 is 0 Å². The molecule has 3 heteroatoms. The Morgan fingerprint density at radius 2 is 1.89 bits per heavy atom. The molecule has 3 nitrogen and oxygen atoms in total. The standard InChI is InChI=1S/C15H24N2O/c1-15(2,3)17-14(18)10-9-13(11-16)12-7-5-4-6-8-12/h4-8,13H,9-11,16H2,1-3H3,(H,17,18). The van der Waals surface area contributed by atoms with Crippen LogP contribution in [0.4, 0.5) is 0 Å². The summed E-state index contributed by atoms with van der Waals surface area (Å²) < 4.78 is 0. The highest BCUT2D eigenvalue weighted by atomic mass is 16.1. The number of hydrogen-bond acceptors (Lipinski definition) is 2. The SMILES string of the molecule is CC(C)(C)NC(=O)CCC(CN)c1ccccc1. The second-order valence-electron chi connectivity index (χ2n) is 5.68. The van der Waals surface area contributed by atoms with Crippen LogP contribution in [0, 0.1) is 0 Å². The fourth-order valence-electron chi connectivity index (χ4n) is 1.93. The first-order chi connectivity index (χ1) is 8.42. The van der Waals surface area contributed by atoms with E-state index in [2.05, 4.69) is 17.4 Å². The Morgan fingerprint density at radius 3 is 2.39 bits per heavy atom. The van der Waals surface area contributed by atoms with Crippen molar-refractivity contribution >= 4 is 5.91 Å². The molecular weight excluding hydrogens is 224 g/mol. The molecule has 0 spiro atoms. The maximum atomic E-state index is 11.8. The van der Waals surface area contributed by atoms with Crippen molar-refractivity contribution < 1.29 is 4.79 Å². The van der Waals surface area contributed by atoms with E-state index in [-0.39, 0.29) is 17.4 Å². The van der Waals surface area contributed by atoms with E-state index < -0.39 is 0 Å². The lowest BCUT2D eigenvalue weighted by atomic mass is 9.94. The van der Waals surface area contributed by atoms with E-state index in [1.165, 1.54) is 5.56 Å². The molecule has 0 aliphatic carbocycles. The minimum Gasteiger partial charge on any atom is -0.352 e. The maximum Gasteiger partial charge on any atom is 0.220 e. The zero-order valence-electron chi connectivity index (χ0n) is 11.6. The van der Waals surface area contributed by atoms with E-state index in [1.54, 1.807) is 0 Å². The number of benzene rings is 1. The summed E-state index contributed by atoms with van der Waals surface area (Å²) in [6.45, 7) is 6.54. The van der Waals surface area contributed by atoms with E-state index in [4.69, 9.17) is 5.73 Å². The minimum atomic E-state index is -0.165. The first-order valence-corrected chi connectivity index (χ1v) is 6.48. The van der Waals surface area contributed by atoms with Gasteiger partial charge in [-0.25, -0.2) is 0 Å². The summed E-state index contributed by atoms with van der Waals surface area (Å²) in [7, 11) is 0. The first-order valence-electron chi connectivity index (χ1n) is 6.48. The van der Waals surface area contributed by atoms with Crippen molar-refractivity contribution in [2.45, 2.75) is 45.1 Å². The van der Waals surface area contributed by atoms with Crippen LogP contribution in [-0.2, 0) is 4.79 Å². The fraction of sp³-hybridized carbons (Fsp3) is 0.533. The van der Waals surface area contributed by atoms with Gasteiger partial charge in [-0.1, -0.05) is 30.3 Å². The van der Waals surface area contributed by atoms with Gasteiger partial charge in [-0.2, -0.15) is 0 Å². The Balaban J connectivity index is 2.48. The molecule has 1 rings (SSSR count). The summed E-state index contributed by atoms with van der Waals surface area (Å²) in [6.07, 6.45) is 1.32. The molecule has 0 aliphatic rings. The first kappa shape index (κ1) is 14.7. The predicted octanol–water partition coefficient (Wildman–Crippen LogP) is 2.42. The summed E-state index contributed by atoms with van der Waals surface area (Å²) in [6, 6.07) is 10.1. The van der Waals surface area contributed by atoms with Crippen LogP contribution in [0.1, 0.15) is 45.1 Å². The second kappa shape index (κ2) is 6.55. The van der Waals surface area contributed by atoms with Crippen LogP contribution in [0.2, 0.25) is 0 Å². The summed E-state index contributed by atoms with van der Waals surface area (Å²) in [4.78, 5) is 11.8. The molecule has 0 saturated carbocycles. The minimum absolute atomic E-state index is 0.0943. The Hall–Kier alpha value is -1.35. The molecule has 1 aromatic carbocycles. The van der Waals surface area contributed by atoms with Gasteiger partial charge in [-0.3, -0.25) is 4.79 Å². The van der Waals surface area contributed by atoms with Gasteiger partial charge in [0.1, 0.15) is 0 Å². The van der Waals surface area contributed by atoms with Crippen molar-refractivity contribution in [1.82, 2.24) is 5.32 Å². The number of amides is 1. The lowest BCUT2D eigenvalue weighted by Crippen LogP contribution is -2.40. The van der Waals surface area contributed by atoms with Gasteiger partial charge >= 0.3 is 0 Å². The van der Waals surface area contributed by atoms with Crippen LogP contribution in [0.5, 0.6) is 0 Å². The van der Waals surface area contributed by atoms with Crippen LogP contribution in [0.3, 0.4) is 0 Å². The lowest BCUT2D eigenvalue weighted by molar-refractivity contribution is -0.122. The van der Waals surface area contributed by atoms with Crippen molar-refractivity contribution in [2.75, 3.05) is 6.54 Å². The Bertz CT molecular complexity index is 368. The molecule has 18 heavy (non-hydrogen) atoms. The quantitative estimate of drug-likeness (QED) is 0.841. The molecule has 1 aromatic rings. The summed E-state index contributed by atoms with van der Waals surface area (Å²) in [5.74, 6) is 0.355. The monoisotopic (exact) mass is 248 g/mol. The van der Waals surface area contributed by atoms with Crippen LogP contribution < -0.4 is 11.1 Å². The molecule has 0 heterocycles. The van der Waals surface area contributed by atoms with Gasteiger partial charge in [0.15, 0.2) is 0 Å². The van der Waals surface area contributed by atoms with E-state index in [0.717, 1.165) is 6.42 Å². The number of rotatable bonds is 5. The third-order valence-corrected chi connectivity index (χ3v) is 2.79. The molecule has 100 valence electrons. The van der Waals surface area contributed by atoms with Crippen molar-refractivity contribution in [2.24, 2.45) is 5.73 Å². The molecule has 0 radical (unpaired) electrons. The number of nitrogens with one attached hydrogen (secondary N) is 1. The van der Waals surface area contributed by atoms with Gasteiger partial charge in [0.2, 0.25) is 5.91 Å². The molecule has 0 fully saturated rings. The van der Waals surface area contributed by atoms with Crippen LogP contribution in [0.15, 0.2) is 30.3 Å². The Kier molecular flexibility index (Phi) is 5.35. The van der Waals surface area contributed by atoms with Gasteiger partial charge in [0, 0.05) is 12.0 Å². The molecule has 1 amide bonds. The molecule has 0 aliphatic heterocycles. The van der Waals surface area contributed by atoms with Gasteiger partial charge in [0.05, 0.1) is 0 Å². The third kappa shape index (κ3) is 5.32. The highest BCUT2D eigenvalue weighted by Gasteiger charge is 2.16. The zero-order valence-corrected chi connectivity index (χ0v) is 11.6. The molecular formula is C15H24N2O. The van der Waals surface area contributed by atoms with Gasteiger partial charge < -0.3 is 11.1 Å². The zero-order chi connectivity index (χ0) is 13.6. The normalized spacial score (nSPS) is 13.1. The van der Waals surface area contributed by atoms with Crippen molar-refractivity contribution in [3.63, 3.8) is 0 Å². The van der Waals surface area contributed by atoms with Crippen molar-refractivity contribution in [3.8, 4) is 0 Å². The molecule has 0 bridgehead atoms. The van der Waals surface area contributed by atoms with Gasteiger partial charge in [-0.05, 0) is 45.2 Å². The Labute approximate surface area is 110 Å². The van der Waals surface area contributed by atoms with Crippen molar-refractivity contribution in [3.05, 3.63) is 35.9 Å². The average Bonchev–Trinajstić information content (AvgIpc) is 2.29. The topological polar surface area (TPSA) is 55.1 Å². The predicted molar refractivity (Wildman–Crippen MR) is 75.4 cm³/mol. The van der Waals surface area contributed by atoms with Gasteiger partial charge in [0.25, 0.3) is 0 Å². The number of hydrogen-bond donors (Lipinski definition) is 2. The molecule has 0 aromatic heterocycles. The largest absolute Gasteiger partial charge is 0.352 e. The molecule has 1 atom stereocenters. The number of carbonyl (C=O) groups is 1. The molecule has 0 saturated heterocycles. The summed E-state index contributed by atoms with van der Waals surface area (Å²) >= 11 is 0.